The number of rotatable bonds is 6. The SMILES string of the molecule is Fc1ccc(CNCCCN2CCCCC2)cc1F. The van der Waals surface area contributed by atoms with Crippen molar-refractivity contribution in [2.75, 3.05) is 26.2 Å². The van der Waals surface area contributed by atoms with Gasteiger partial charge in [-0.1, -0.05) is 12.5 Å². The Bertz CT molecular complexity index is 390. The Labute approximate surface area is 113 Å². The summed E-state index contributed by atoms with van der Waals surface area (Å²) in [6, 6.07) is 4.06. The van der Waals surface area contributed by atoms with Crippen molar-refractivity contribution in [3.8, 4) is 0 Å². The van der Waals surface area contributed by atoms with E-state index in [4.69, 9.17) is 0 Å². The molecule has 0 atom stereocenters. The van der Waals surface area contributed by atoms with Gasteiger partial charge in [-0.3, -0.25) is 0 Å². The molecule has 106 valence electrons. The van der Waals surface area contributed by atoms with Gasteiger partial charge < -0.3 is 10.2 Å². The van der Waals surface area contributed by atoms with E-state index in [-0.39, 0.29) is 0 Å². The standard InChI is InChI=1S/C15H22F2N2/c16-14-6-5-13(11-15(14)17)12-18-7-4-10-19-8-2-1-3-9-19/h5-6,11,18H,1-4,7-10,12H2. The van der Waals surface area contributed by atoms with E-state index in [1.54, 1.807) is 6.07 Å². The van der Waals surface area contributed by atoms with Crippen LogP contribution in [0.2, 0.25) is 0 Å². The monoisotopic (exact) mass is 268 g/mol. The summed E-state index contributed by atoms with van der Waals surface area (Å²) >= 11 is 0. The van der Waals surface area contributed by atoms with Crippen molar-refractivity contribution in [1.82, 2.24) is 10.2 Å². The molecule has 0 radical (unpaired) electrons. The molecule has 1 aliphatic heterocycles. The number of hydrogen-bond donors (Lipinski definition) is 1. The molecule has 2 rings (SSSR count). The van der Waals surface area contributed by atoms with Crippen LogP contribution in [0.5, 0.6) is 0 Å². The summed E-state index contributed by atoms with van der Waals surface area (Å²) in [4.78, 5) is 2.50. The van der Waals surface area contributed by atoms with Gasteiger partial charge in [0.2, 0.25) is 0 Å². The van der Waals surface area contributed by atoms with Gasteiger partial charge in [0.1, 0.15) is 0 Å². The first-order chi connectivity index (χ1) is 9.25. The van der Waals surface area contributed by atoms with Crippen LogP contribution in [0.4, 0.5) is 8.78 Å². The van der Waals surface area contributed by atoms with Gasteiger partial charge in [-0.15, -0.1) is 0 Å². The molecule has 1 aromatic rings. The summed E-state index contributed by atoms with van der Waals surface area (Å²) in [5, 5.41) is 3.27. The maximum absolute atomic E-state index is 13.0. The van der Waals surface area contributed by atoms with Gasteiger partial charge in [0.05, 0.1) is 0 Å². The number of piperidine rings is 1. The quantitative estimate of drug-likeness (QED) is 0.798. The van der Waals surface area contributed by atoms with E-state index in [2.05, 4.69) is 10.2 Å². The minimum Gasteiger partial charge on any atom is -0.313 e. The molecule has 1 aliphatic rings. The van der Waals surface area contributed by atoms with Gasteiger partial charge in [-0.05, 0) is 63.1 Å². The van der Waals surface area contributed by atoms with Crippen LogP contribution < -0.4 is 5.32 Å². The Hall–Kier alpha value is -1.00. The van der Waals surface area contributed by atoms with Gasteiger partial charge in [-0.2, -0.15) is 0 Å². The Kier molecular flexibility index (Phi) is 5.73. The molecule has 1 saturated heterocycles. The lowest BCUT2D eigenvalue weighted by atomic mass is 10.1. The van der Waals surface area contributed by atoms with Crippen molar-refractivity contribution < 1.29 is 8.78 Å². The van der Waals surface area contributed by atoms with Crippen LogP contribution >= 0.6 is 0 Å². The van der Waals surface area contributed by atoms with Crippen molar-refractivity contribution >= 4 is 0 Å². The summed E-state index contributed by atoms with van der Waals surface area (Å²) in [7, 11) is 0. The number of halogens is 2. The average Bonchev–Trinajstić information content (AvgIpc) is 2.43. The predicted molar refractivity (Wildman–Crippen MR) is 73.0 cm³/mol. The highest BCUT2D eigenvalue weighted by molar-refractivity contribution is 5.17. The van der Waals surface area contributed by atoms with Crippen molar-refractivity contribution in [3.05, 3.63) is 35.4 Å². The average molecular weight is 268 g/mol. The molecule has 0 spiro atoms. The first kappa shape index (κ1) is 14.4. The molecule has 0 aromatic heterocycles. The van der Waals surface area contributed by atoms with E-state index < -0.39 is 11.6 Å². The maximum Gasteiger partial charge on any atom is 0.159 e. The number of likely N-dealkylation sites (tertiary alicyclic amines) is 1. The smallest absolute Gasteiger partial charge is 0.159 e. The molecule has 0 saturated carbocycles. The van der Waals surface area contributed by atoms with E-state index >= 15 is 0 Å². The number of benzene rings is 1. The second-order valence-corrected chi connectivity index (χ2v) is 5.18. The summed E-state index contributed by atoms with van der Waals surface area (Å²) in [5.41, 5.74) is 0.789. The lowest BCUT2D eigenvalue weighted by Crippen LogP contribution is -2.32. The van der Waals surface area contributed by atoms with E-state index in [0.717, 1.165) is 25.1 Å². The highest BCUT2D eigenvalue weighted by atomic mass is 19.2. The van der Waals surface area contributed by atoms with Crippen LogP contribution in [0.3, 0.4) is 0 Å². The fourth-order valence-corrected chi connectivity index (χ4v) is 2.49. The first-order valence-electron chi connectivity index (χ1n) is 7.13. The third kappa shape index (κ3) is 4.88. The van der Waals surface area contributed by atoms with Crippen LogP contribution in [-0.4, -0.2) is 31.1 Å². The lowest BCUT2D eigenvalue weighted by molar-refractivity contribution is 0.225. The predicted octanol–water partition coefficient (Wildman–Crippen LogP) is 2.93. The molecule has 1 fully saturated rings. The normalized spacial score (nSPS) is 16.7. The zero-order valence-electron chi connectivity index (χ0n) is 11.3. The highest BCUT2D eigenvalue weighted by Crippen LogP contribution is 2.09. The van der Waals surface area contributed by atoms with Gasteiger partial charge in [0.25, 0.3) is 0 Å². The number of nitrogens with one attached hydrogen (secondary N) is 1. The fraction of sp³-hybridized carbons (Fsp3) is 0.600. The summed E-state index contributed by atoms with van der Waals surface area (Å²) in [6.07, 6.45) is 5.11. The van der Waals surface area contributed by atoms with Gasteiger partial charge in [0.15, 0.2) is 11.6 Å². The molecule has 0 aliphatic carbocycles. The fourth-order valence-electron chi connectivity index (χ4n) is 2.49. The Morgan fingerprint density at radius 3 is 2.58 bits per heavy atom. The Morgan fingerprint density at radius 2 is 1.84 bits per heavy atom. The van der Waals surface area contributed by atoms with Crippen molar-refractivity contribution in [1.29, 1.82) is 0 Å². The van der Waals surface area contributed by atoms with Crippen LogP contribution in [0.15, 0.2) is 18.2 Å². The molecule has 1 N–H and O–H groups in total. The summed E-state index contributed by atoms with van der Waals surface area (Å²) in [6.45, 7) is 5.09. The summed E-state index contributed by atoms with van der Waals surface area (Å²) < 4.78 is 25.7. The molecule has 0 bridgehead atoms. The van der Waals surface area contributed by atoms with Crippen molar-refractivity contribution in [2.24, 2.45) is 0 Å². The highest BCUT2D eigenvalue weighted by Gasteiger charge is 2.08. The van der Waals surface area contributed by atoms with Gasteiger partial charge in [0, 0.05) is 6.54 Å². The summed E-state index contributed by atoms with van der Waals surface area (Å²) in [5.74, 6) is -1.55. The molecule has 4 heteroatoms. The molecular formula is C15H22F2N2. The largest absolute Gasteiger partial charge is 0.313 e. The molecule has 0 unspecified atom stereocenters. The van der Waals surface area contributed by atoms with Crippen molar-refractivity contribution in [2.45, 2.75) is 32.2 Å². The molecule has 2 nitrogen and oxygen atoms in total. The van der Waals surface area contributed by atoms with Crippen LogP contribution in [0.25, 0.3) is 0 Å². The lowest BCUT2D eigenvalue weighted by Gasteiger charge is -2.26. The minimum atomic E-state index is -0.783. The Balaban J connectivity index is 1.59. The number of nitrogens with zero attached hydrogens (tertiary/aromatic N) is 1. The second-order valence-electron chi connectivity index (χ2n) is 5.18. The van der Waals surface area contributed by atoms with Crippen LogP contribution in [0, 0.1) is 11.6 Å². The molecule has 1 aromatic carbocycles. The Morgan fingerprint density at radius 1 is 1.05 bits per heavy atom. The minimum absolute atomic E-state index is 0.594. The number of hydrogen-bond acceptors (Lipinski definition) is 2. The van der Waals surface area contributed by atoms with E-state index in [9.17, 15) is 8.78 Å². The van der Waals surface area contributed by atoms with Crippen LogP contribution in [0.1, 0.15) is 31.2 Å². The third-order valence-electron chi connectivity index (χ3n) is 3.59. The van der Waals surface area contributed by atoms with Gasteiger partial charge in [-0.25, -0.2) is 8.78 Å². The van der Waals surface area contributed by atoms with Gasteiger partial charge >= 0.3 is 0 Å². The second kappa shape index (κ2) is 7.56. The first-order valence-corrected chi connectivity index (χ1v) is 7.13. The molecular weight excluding hydrogens is 246 g/mol. The zero-order valence-corrected chi connectivity index (χ0v) is 11.3. The zero-order chi connectivity index (χ0) is 13.5. The molecule has 1 heterocycles. The molecule has 19 heavy (non-hydrogen) atoms. The van der Waals surface area contributed by atoms with Crippen molar-refractivity contribution in [3.63, 3.8) is 0 Å². The third-order valence-corrected chi connectivity index (χ3v) is 3.59. The van der Waals surface area contributed by atoms with Crippen LogP contribution in [-0.2, 0) is 6.54 Å². The van der Waals surface area contributed by atoms with E-state index in [1.807, 2.05) is 0 Å². The maximum atomic E-state index is 13.0. The topological polar surface area (TPSA) is 15.3 Å². The van der Waals surface area contributed by atoms with E-state index in [0.29, 0.717) is 6.54 Å². The molecule has 0 amide bonds. The van der Waals surface area contributed by atoms with E-state index in [1.165, 1.54) is 44.5 Å².